The molecule has 0 N–H and O–H groups in total. The monoisotopic (exact) mass is 234 g/mol. The normalized spacial score (nSPS) is 24.8. The van der Waals surface area contributed by atoms with Crippen LogP contribution in [0, 0.1) is 0 Å². The molecule has 0 saturated heterocycles. The molecule has 0 bridgehead atoms. The summed E-state index contributed by atoms with van der Waals surface area (Å²) in [6.45, 7) is 0. The number of hydrogen-bond acceptors (Lipinski definition) is 0. The fraction of sp³-hybridized carbons (Fsp3) is 0.636. The smallest absolute Gasteiger partial charge is 0.113 e. The van der Waals surface area contributed by atoms with Crippen LogP contribution in [-0.2, 0) is 0 Å². The third kappa shape index (κ3) is 3.64. The number of nitrogens with zero attached hydrogens (tertiary/aromatic N) is 1. The van der Waals surface area contributed by atoms with Gasteiger partial charge in [-0.15, -0.1) is 0 Å². The highest BCUT2D eigenvalue weighted by molar-refractivity contribution is 6.30. The van der Waals surface area contributed by atoms with Crippen molar-refractivity contribution in [3.8, 4) is 0 Å². The molecule has 0 radical (unpaired) electrons. The Balaban J connectivity index is 2.84. The van der Waals surface area contributed by atoms with Crippen molar-refractivity contribution in [2.45, 2.75) is 25.3 Å². The standard InChI is InChI=1S/C11H18Cl2N/c1-14(2,3)11-7-9(12)5-4-6-10(13)8-11/h5,8,11H,4,6-7H2,1-3H3/q+1. The van der Waals surface area contributed by atoms with E-state index in [9.17, 15) is 0 Å². The molecule has 3 heteroatoms. The van der Waals surface area contributed by atoms with Gasteiger partial charge < -0.3 is 4.48 Å². The molecule has 1 aliphatic rings. The molecule has 1 nitrogen and oxygen atoms in total. The predicted octanol–water partition coefficient (Wildman–Crippen LogP) is 3.49. The molecular formula is C11H18Cl2N+. The molecule has 0 saturated carbocycles. The lowest BCUT2D eigenvalue weighted by Crippen LogP contribution is -2.44. The second-order valence-corrected chi connectivity index (χ2v) is 5.66. The van der Waals surface area contributed by atoms with Gasteiger partial charge in [0.25, 0.3) is 0 Å². The molecule has 0 aromatic heterocycles. The molecule has 14 heavy (non-hydrogen) atoms. The van der Waals surface area contributed by atoms with Crippen LogP contribution >= 0.6 is 23.2 Å². The lowest BCUT2D eigenvalue weighted by atomic mass is 10.1. The van der Waals surface area contributed by atoms with Crippen LogP contribution in [-0.4, -0.2) is 31.7 Å². The molecule has 0 aromatic rings. The maximum Gasteiger partial charge on any atom is 0.113 e. The number of halogens is 2. The summed E-state index contributed by atoms with van der Waals surface area (Å²) in [5.74, 6) is 0. The number of quaternary nitrogens is 1. The van der Waals surface area contributed by atoms with Gasteiger partial charge in [0.2, 0.25) is 0 Å². The van der Waals surface area contributed by atoms with Crippen molar-refractivity contribution < 1.29 is 4.48 Å². The van der Waals surface area contributed by atoms with Crippen LogP contribution in [0.5, 0.6) is 0 Å². The summed E-state index contributed by atoms with van der Waals surface area (Å²) in [5.41, 5.74) is 0. The Bertz CT molecular complexity index is 261. The lowest BCUT2D eigenvalue weighted by Gasteiger charge is -2.33. The SMILES string of the molecule is C[N+](C)(C)C1C=C(Cl)CCC=C(Cl)C1. The van der Waals surface area contributed by atoms with Gasteiger partial charge in [0.05, 0.1) is 21.1 Å². The Labute approximate surface area is 96.6 Å². The van der Waals surface area contributed by atoms with E-state index >= 15 is 0 Å². The average Bonchev–Trinajstić information content (AvgIpc) is 1.98. The first kappa shape index (κ1) is 12.1. The highest BCUT2D eigenvalue weighted by Crippen LogP contribution is 2.25. The zero-order valence-electron chi connectivity index (χ0n) is 9.06. The van der Waals surface area contributed by atoms with Crippen LogP contribution in [0.25, 0.3) is 0 Å². The second-order valence-electron chi connectivity index (χ2n) is 4.69. The Kier molecular flexibility index (Phi) is 4.05. The van der Waals surface area contributed by atoms with Crippen LogP contribution in [0.2, 0.25) is 0 Å². The quantitative estimate of drug-likeness (QED) is 0.610. The number of rotatable bonds is 1. The van der Waals surface area contributed by atoms with Gasteiger partial charge in [-0.1, -0.05) is 29.3 Å². The third-order valence-electron chi connectivity index (χ3n) is 2.52. The van der Waals surface area contributed by atoms with Crippen LogP contribution in [0.1, 0.15) is 19.3 Å². The van der Waals surface area contributed by atoms with E-state index in [0.29, 0.717) is 6.04 Å². The first-order valence-electron chi connectivity index (χ1n) is 4.91. The van der Waals surface area contributed by atoms with Gasteiger partial charge in [0.15, 0.2) is 0 Å². The molecule has 1 aliphatic carbocycles. The van der Waals surface area contributed by atoms with E-state index in [4.69, 9.17) is 23.2 Å². The molecule has 1 unspecified atom stereocenters. The second kappa shape index (κ2) is 4.69. The zero-order chi connectivity index (χ0) is 10.8. The molecular weight excluding hydrogens is 217 g/mol. The molecule has 0 aromatic carbocycles. The van der Waals surface area contributed by atoms with Gasteiger partial charge in [-0.3, -0.25) is 0 Å². The largest absolute Gasteiger partial charge is 0.325 e. The first-order chi connectivity index (χ1) is 6.39. The van der Waals surface area contributed by atoms with Gasteiger partial charge in [-0.25, -0.2) is 0 Å². The van der Waals surface area contributed by atoms with E-state index < -0.39 is 0 Å². The molecule has 0 amide bonds. The summed E-state index contributed by atoms with van der Waals surface area (Å²) in [4.78, 5) is 0. The fourth-order valence-corrected chi connectivity index (χ4v) is 2.02. The van der Waals surface area contributed by atoms with Crippen molar-refractivity contribution in [3.05, 3.63) is 22.2 Å². The molecule has 0 aliphatic heterocycles. The number of allylic oxidation sites excluding steroid dienone is 2. The molecule has 0 spiro atoms. The highest BCUT2D eigenvalue weighted by Gasteiger charge is 2.23. The van der Waals surface area contributed by atoms with E-state index in [1.54, 1.807) is 0 Å². The minimum atomic E-state index is 0.381. The topological polar surface area (TPSA) is 0 Å². The van der Waals surface area contributed by atoms with Gasteiger partial charge in [-0.05, 0) is 18.9 Å². The zero-order valence-corrected chi connectivity index (χ0v) is 10.6. The van der Waals surface area contributed by atoms with Gasteiger partial charge in [0, 0.05) is 16.5 Å². The highest BCUT2D eigenvalue weighted by atomic mass is 35.5. The Hall–Kier alpha value is 0.0200. The summed E-state index contributed by atoms with van der Waals surface area (Å²) >= 11 is 12.2. The van der Waals surface area contributed by atoms with Crippen molar-refractivity contribution in [3.63, 3.8) is 0 Å². The Morgan fingerprint density at radius 1 is 1.21 bits per heavy atom. The van der Waals surface area contributed by atoms with Crippen LogP contribution < -0.4 is 0 Å². The van der Waals surface area contributed by atoms with Crippen LogP contribution in [0.3, 0.4) is 0 Å². The van der Waals surface area contributed by atoms with Crippen molar-refractivity contribution in [2.24, 2.45) is 0 Å². The minimum Gasteiger partial charge on any atom is -0.325 e. The van der Waals surface area contributed by atoms with Crippen molar-refractivity contribution in [1.29, 1.82) is 0 Å². The van der Waals surface area contributed by atoms with E-state index in [1.807, 2.05) is 0 Å². The predicted molar refractivity (Wildman–Crippen MR) is 63.5 cm³/mol. The molecule has 1 atom stereocenters. The molecule has 1 rings (SSSR count). The van der Waals surface area contributed by atoms with E-state index in [-0.39, 0.29) is 0 Å². The third-order valence-corrected chi connectivity index (χ3v) is 3.14. The molecule has 0 heterocycles. The van der Waals surface area contributed by atoms with Crippen LogP contribution in [0.15, 0.2) is 22.2 Å². The molecule has 0 fully saturated rings. The van der Waals surface area contributed by atoms with Gasteiger partial charge >= 0.3 is 0 Å². The van der Waals surface area contributed by atoms with E-state index in [1.165, 1.54) is 0 Å². The fourth-order valence-electron chi connectivity index (χ4n) is 1.50. The maximum atomic E-state index is 6.12. The van der Waals surface area contributed by atoms with Crippen molar-refractivity contribution >= 4 is 23.2 Å². The first-order valence-corrected chi connectivity index (χ1v) is 5.67. The minimum absolute atomic E-state index is 0.381. The summed E-state index contributed by atoms with van der Waals surface area (Å²) in [5, 5.41) is 1.92. The maximum absolute atomic E-state index is 6.12. The van der Waals surface area contributed by atoms with Gasteiger partial charge in [-0.2, -0.15) is 0 Å². The Morgan fingerprint density at radius 2 is 1.86 bits per heavy atom. The Morgan fingerprint density at radius 3 is 2.43 bits per heavy atom. The van der Waals surface area contributed by atoms with E-state index in [2.05, 4.69) is 33.3 Å². The average molecular weight is 235 g/mol. The van der Waals surface area contributed by atoms with Crippen molar-refractivity contribution in [2.75, 3.05) is 21.1 Å². The summed E-state index contributed by atoms with van der Waals surface area (Å²) in [6.07, 6.45) is 6.99. The summed E-state index contributed by atoms with van der Waals surface area (Å²) in [6, 6.07) is 0.381. The van der Waals surface area contributed by atoms with E-state index in [0.717, 1.165) is 33.8 Å². The lowest BCUT2D eigenvalue weighted by molar-refractivity contribution is -0.888. The summed E-state index contributed by atoms with van der Waals surface area (Å²) < 4.78 is 0.861. The number of likely N-dealkylation sites (N-methyl/N-ethyl adjacent to an activating group) is 1. The van der Waals surface area contributed by atoms with Crippen LogP contribution in [0.4, 0.5) is 0 Å². The molecule has 80 valence electrons. The summed E-state index contributed by atoms with van der Waals surface area (Å²) in [7, 11) is 6.49. The van der Waals surface area contributed by atoms with Gasteiger partial charge in [0.1, 0.15) is 6.04 Å². The van der Waals surface area contributed by atoms with Crippen molar-refractivity contribution in [1.82, 2.24) is 0 Å². The number of hydrogen-bond donors (Lipinski definition) is 0.